The highest BCUT2D eigenvalue weighted by Gasteiger charge is 2.44. The van der Waals surface area contributed by atoms with Gasteiger partial charge in [-0.2, -0.15) is 4.99 Å². The summed E-state index contributed by atoms with van der Waals surface area (Å²) >= 11 is 0. The minimum atomic E-state index is -0.114. The Morgan fingerprint density at radius 2 is 2.17 bits per heavy atom. The van der Waals surface area contributed by atoms with Crippen LogP contribution in [-0.4, -0.2) is 48.4 Å². The number of rotatable bonds is 0. The van der Waals surface area contributed by atoms with Gasteiger partial charge in [0.15, 0.2) is 12.1 Å². The van der Waals surface area contributed by atoms with E-state index in [9.17, 15) is 0 Å². The number of likely N-dealkylation sites (tertiary alicyclic amines) is 1. The molecule has 4 nitrogen and oxygen atoms in total. The molecule has 2 N–H and O–H groups in total. The lowest BCUT2D eigenvalue weighted by atomic mass is 9.92. The predicted molar refractivity (Wildman–Crippen MR) is 44.0 cm³/mol. The van der Waals surface area contributed by atoms with Crippen molar-refractivity contribution >= 4 is 6.08 Å². The third-order valence-corrected chi connectivity index (χ3v) is 2.77. The lowest BCUT2D eigenvalue weighted by Crippen LogP contribution is -2.72. The van der Waals surface area contributed by atoms with E-state index in [0.29, 0.717) is 0 Å². The Hall–Kier alpha value is -0.770. The molecule has 0 atom stereocenters. The largest absolute Gasteiger partial charge is 0.545 e. The Bertz CT molecular complexity index is 207. The topological polar surface area (TPSA) is 46.7 Å². The summed E-state index contributed by atoms with van der Waals surface area (Å²) in [5, 5.41) is 9.08. The fourth-order valence-electron chi connectivity index (χ4n) is 1.82. The molecule has 4 heteroatoms. The molecule has 68 valence electrons. The molecule has 0 unspecified atom stereocenters. The van der Waals surface area contributed by atoms with Gasteiger partial charge in [0.05, 0.1) is 0 Å². The van der Waals surface area contributed by atoms with Crippen LogP contribution in [0, 0.1) is 0 Å². The first-order chi connectivity index (χ1) is 5.70. The smallest absolute Gasteiger partial charge is 0.430 e. The van der Waals surface area contributed by atoms with Crippen molar-refractivity contribution in [2.75, 3.05) is 26.7 Å². The fourth-order valence-corrected chi connectivity index (χ4v) is 1.82. The Morgan fingerprint density at radius 3 is 2.67 bits per heavy atom. The zero-order valence-corrected chi connectivity index (χ0v) is 7.34. The van der Waals surface area contributed by atoms with Crippen molar-refractivity contribution in [2.45, 2.75) is 18.4 Å². The summed E-state index contributed by atoms with van der Waals surface area (Å²) in [6.07, 6.45) is 2.00. The number of ether oxygens (including phenoxy) is 1. The Balaban J connectivity index is 1.97. The fraction of sp³-hybridized carbons (Fsp3) is 0.875. The van der Waals surface area contributed by atoms with Gasteiger partial charge in [0.2, 0.25) is 0 Å². The third-order valence-electron chi connectivity index (χ3n) is 2.77. The molecule has 2 rings (SSSR count). The molecular weight excluding hydrogens is 156 g/mol. The molecule has 0 aromatic heterocycles. The Morgan fingerprint density at radius 1 is 1.50 bits per heavy atom. The summed E-state index contributed by atoms with van der Waals surface area (Å²) in [6.45, 7) is 2.86. The van der Waals surface area contributed by atoms with E-state index in [-0.39, 0.29) is 11.7 Å². The second kappa shape index (κ2) is 2.62. The normalized spacial score (nSPS) is 28.6. The van der Waals surface area contributed by atoms with Crippen LogP contribution in [0.5, 0.6) is 0 Å². The molecule has 2 aliphatic rings. The number of hydrogen-bond acceptors (Lipinski definition) is 2. The van der Waals surface area contributed by atoms with Crippen LogP contribution in [0.25, 0.3) is 0 Å². The first-order valence-electron chi connectivity index (χ1n) is 4.38. The lowest BCUT2D eigenvalue weighted by molar-refractivity contribution is -0.463. The maximum atomic E-state index is 9.08. The molecular formula is C8H15N2O2+. The lowest BCUT2D eigenvalue weighted by Gasteiger charge is -2.33. The highest BCUT2D eigenvalue weighted by molar-refractivity contribution is 5.59. The van der Waals surface area contributed by atoms with Crippen LogP contribution in [0.15, 0.2) is 0 Å². The summed E-state index contributed by atoms with van der Waals surface area (Å²) in [6, 6.07) is 0. The second-order valence-electron chi connectivity index (χ2n) is 3.75. The van der Waals surface area contributed by atoms with Gasteiger partial charge < -0.3 is 14.7 Å². The van der Waals surface area contributed by atoms with Crippen LogP contribution >= 0.6 is 0 Å². The average molecular weight is 171 g/mol. The zero-order chi connectivity index (χ0) is 8.60. The van der Waals surface area contributed by atoms with E-state index in [1.807, 2.05) is 0 Å². The second-order valence-corrected chi connectivity index (χ2v) is 3.75. The molecule has 0 aliphatic carbocycles. The average Bonchev–Trinajstić information content (AvgIpc) is 2.40. The zero-order valence-electron chi connectivity index (χ0n) is 7.34. The van der Waals surface area contributed by atoms with Crippen LogP contribution < -0.4 is 4.99 Å². The summed E-state index contributed by atoms with van der Waals surface area (Å²) in [5.41, 5.74) is -0.114. The molecule has 0 aromatic carbocycles. The van der Waals surface area contributed by atoms with Crippen molar-refractivity contribution in [1.29, 1.82) is 0 Å². The summed E-state index contributed by atoms with van der Waals surface area (Å²) in [5.74, 6) is 0. The van der Waals surface area contributed by atoms with Gasteiger partial charge >= 0.3 is 6.08 Å². The standard InChI is InChI=1S/C8H14N2O2/c1-10-4-2-8(3-5-10)6-9-7(11)12-8/h2-6H2,1H3,(H,9,11)/p+1. The van der Waals surface area contributed by atoms with E-state index in [4.69, 9.17) is 9.84 Å². The summed E-state index contributed by atoms with van der Waals surface area (Å²) in [7, 11) is 2.11. The quantitative estimate of drug-likeness (QED) is 0.465. The highest BCUT2D eigenvalue weighted by Crippen LogP contribution is 2.25. The van der Waals surface area contributed by atoms with E-state index >= 15 is 0 Å². The van der Waals surface area contributed by atoms with Gasteiger partial charge in [-0.05, 0) is 7.05 Å². The van der Waals surface area contributed by atoms with Crippen LogP contribution in [0.4, 0.5) is 0 Å². The minimum absolute atomic E-state index is 0.000414. The highest BCUT2D eigenvalue weighted by atomic mass is 16.6. The Labute approximate surface area is 71.8 Å². The van der Waals surface area contributed by atoms with Gasteiger partial charge in [-0.25, -0.2) is 0 Å². The van der Waals surface area contributed by atoms with Crippen molar-refractivity contribution < 1.29 is 14.8 Å². The van der Waals surface area contributed by atoms with Gasteiger partial charge in [0.25, 0.3) is 0 Å². The molecule has 2 heterocycles. The number of piperidine rings is 1. The van der Waals surface area contributed by atoms with Crippen molar-refractivity contribution in [1.82, 2.24) is 4.90 Å². The molecule has 0 bridgehead atoms. The summed E-state index contributed by atoms with van der Waals surface area (Å²) < 4.78 is 5.37. The molecule has 1 saturated heterocycles. The number of aliphatic hydroxyl groups excluding tert-OH is 1. The molecule has 0 aromatic rings. The van der Waals surface area contributed by atoms with Gasteiger partial charge in [-0.3, -0.25) is 0 Å². The van der Waals surface area contributed by atoms with E-state index in [2.05, 4.69) is 16.9 Å². The number of aliphatic hydroxyl groups is 1. The number of nitrogens with one attached hydrogen (secondary N) is 1. The van der Waals surface area contributed by atoms with Gasteiger partial charge in [0, 0.05) is 25.9 Å². The van der Waals surface area contributed by atoms with Gasteiger partial charge in [-0.15, -0.1) is 0 Å². The van der Waals surface area contributed by atoms with Crippen molar-refractivity contribution in [3.63, 3.8) is 0 Å². The minimum Gasteiger partial charge on any atom is -0.430 e. The van der Waals surface area contributed by atoms with Crippen LogP contribution in [0.1, 0.15) is 12.8 Å². The van der Waals surface area contributed by atoms with Gasteiger partial charge in [-0.1, -0.05) is 0 Å². The SMILES string of the molecule is CN1CCC2(CC1)C[NH+]=C(O)O2. The van der Waals surface area contributed by atoms with E-state index in [0.717, 1.165) is 32.5 Å². The monoisotopic (exact) mass is 171 g/mol. The van der Waals surface area contributed by atoms with Gasteiger partial charge in [0.1, 0.15) is 0 Å². The molecule has 0 radical (unpaired) electrons. The third kappa shape index (κ3) is 1.27. The number of nitrogens with zero attached hydrogens (tertiary/aromatic N) is 1. The molecule has 1 spiro atoms. The molecule has 0 amide bonds. The summed E-state index contributed by atoms with van der Waals surface area (Å²) in [4.78, 5) is 5.11. The van der Waals surface area contributed by atoms with Crippen molar-refractivity contribution in [2.24, 2.45) is 0 Å². The van der Waals surface area contributed by atoms with Crippen LogP contribution in [-0.2, 0) is 4.74 Å². The maximum absolute atomic E-state index is 9.08. The van der Waals surface area contributed by atoms with Crippen molar-refractivity contribution in [3.05, 3.63) is 0 Å². The first-order valence-corrected chi connectivity index (χ1v) is 4.38. The van der Waals surface area contributed by atoms with Crippen LogP contribution in [0.3, 0.4) is 0 Å². The molecule has 0 saturated carbocycles. The maximum Gasteiger partial charge on any atom is 0.545 e. The Kier molecular flexibility index (Phi) is 1.72. The number of hydrogen-bond donors (Lipinski definition) is 2. The molecule has 1 fully saturated rings. The predicted octanol–water partition coefficient (Wildman–Crippen LogP) is -1.52. The first kappa shape index (κ1) is 7.86. The van der Waals surface area contributed by atoms with Crippen LogP contribution in [0.2, 0.25) is 0 Å². The van der Waals surface area contributed by atoms with E-state index in [1.54, 1.807) is 0 Å². The van der Waals surface area contributed by atoms with E-state index in [1.165, 1.54) is 0 Å². The molecule has 2 aliphatic heterocycles. The van der Waals surface area contributed by atoms with Crippen molar-refractivity contribution in [3.8, 4) is 0 Å². The van der Waals surface area contributed by atoms with E-state index < -0.39 is 0 Å². The molecule has 12 heavy (non-hydrogen) atoms.